The first-order valence-corrected chi connectivity index (χ1v) is 5.59. The van der Waals surface area contributed by atoms with Crippen LogP contribution in [0.15, 0.2) is 12.1 Å². The van der Waals surface area contributed by atoms with Crippen molar-refractivity contribution in [2.75, 3.05) is 14.2 Å². The Morgan fingerprint density at radius 2 is 1.79 bits per heavy atom. The Balaban J connectivity index is 3.57. The topological polar surface area (TPSA) is 35.5 Å². The molecule has 6 heteroatoms. The second-order valence-electron chi connectivity index (χ2n) is 4.28. The van der Waals surface area contributed by atoms with Gasteiger partial charge in [-0.2, -0.15) is 13.2 Å². The second kappa shape index (κ2) is 5.50. The Hall–Kier alpha value is -1.72. The molecule has 0 aliphatic rings. The summed E-state index contributed by atoms with van der Waals surface area (Å²) in [5, 5.41) is 0. The van der Waals surface area contributed by atoms with Crippen molar-refractivity contribution in [3.05, 3.63) is 28.8 Å². The van der Waals surface area contributed by atoms with E-state index in [2.05, 4.69) is 4.74 Å². The van der Waals surface area contributed by atoms with Gasteiger partial charge in [0.2, 0.25) is 0 Å². The number of ether oxygens (including phenoxy) is 2. The van der Waals surface area contributed by atoms with Gasteiger partial charge in [0.25, 0.3) is 0 Å². The van der Waals surface area contributed by atoms with Crippen LogP contribution in [0.4, 0.5) is 13.2 Å². The molecule has 0 saturated carbocycles. The largest absolute Gasteiger partial charge is 0.496 e. The van der Waals surface area contributed by atoms with Crippen LogP contribution in [0.2, 0.25) is 0 Å². The number of carbonyl (C=O) groups is 1. The van der Waals surface area contributed by atoms with Crippen LogP contribution in [-0.4, -0.2) is 20.2 Å². The van der Waals surface area contributed by atoms with Gasteiger partial charge in [-0.05, 0) is 23.6 Å². The third kappa shape index (κ3) is 3.19. The first-order valence-electron chi connectivity index (χ1n) is 5.59. The van der Waals surface area contributed by atoms with Gasteiger partial charge in [-0.15, -0.1) is 0 Å². The van der Waals surface area contributed by atoms with Crippen LogP contribution in [0.5, 0.6) is 5.75 Å². The number of alkyl halides is 3. The zero-order valence-electron chi connectivity index (χ0n) is 11.1. The predicted octanol–water partition coefficient (Wildman–Crippen LogP) is 3.62. The van der Waals surface area contributed by atoms with Crippen LogP contribution in [0, 0.1) is 0 Å². The minimum Gasteiger partial charge on any atom is -0.496 e. The van der Waals surface area contributed by atoms with E-state index in [0.29, 0.717) is 0 Å². The van der Waals surface area contributed by atoms with Crippen molar-refractivity contribution >= 4 is 5.97 Å². The second-order valence-corrected chi connectivity index (χ2v) is 4.28. The highest BCUT2D eigenvalue weighted by atomic mass is 19.4. The van der Waals surface area contributed by atoms with Gasteiger partial charge in [0.05, 0.1) is 19.8 Å². The Bertz CT molecular complexity index is 479. The van der Waals surface area contributed by atoms with E-state index in [-0.39, 0.29) is 22.8 Å². The molecule has 0 spiro atoms. The van der Waals surface area contributed by atoms with Crippen LogP contribution in [-0.2, 0) is 10.9 Å². The van der Waals surface area contributed by atoms with Gasteiger partial charge in [-0.1, -0.05) is 13.8 Å². The van der Waals surface area contributed by atoms with Crippen LogP contribution in [0.25, 0.3) is 0 Å². The van der Waals surface area contributed by atoms with Crippen molar-refractivity contribution in [2.24, 2.45) is 0 Å². The first-order chi connectivity index (χ1) is 8.72. The molecule has 0 radical (unpaired) electrons. The fraction of sp³-hybridized carbons (Fsp3) is 0.462. The van der Waals surface area contributed by atoms with Gasteiger partial charge in [-0.25, -0.2) is 4.79 Å². The van der Waals surface area contributed by atoms with Crippen LogP contribution >= 0.6 is 0 Å². The number of esters is 1. The molecule has 1 aromatic rings. The van der Waals surface area contributed by atoms with E-state index in [1.54, 1.807) is 13.8 Å². The minimum absolute atomic E-state index is 0.0727. The van der Waals surface area contributed by atoms with Gasteiger partial charge < -0.3 is 9.47 Å². The van der Waals surface area contributed by atoms with Crippen molar-refractivity contribution in [2.45, 2.75) is 25.9 Å². The third-order valence-electron chi connectivity index (χ3n) is 2.70. The molecule has 0 aliphatic carbocycles. The van der Waals surface area contributed by atoms with E-state index < -0.39 is 17.7 Å². The molecule has 19 heavy (non-hydrogen) atoms. The Morgan fingerprint density at radius 3 is 2.16 bits per heavy atom. The molecular formula is C13H15F3O3. The normalized spacial score (nSPS) is 11.6. The van der Waals surface area contributed by atoms with Gasteiger partial charge in [0.1, 0.15) is 11.3 Å². The highest BCUT2D eigenvalue weighted by Gasteiger charge is 2.36. The van der Waals surface area contributed by atoms with Crippen molar-refractivity contribution in [1.29, 1.82) is 0 Å². The lowest BCUT2D eigenvalue weighted by Gasteiger charge is -2.18. The van der Waals surface area contributed by atoms with Crippen molar-refractivity contribution < 1.29 is 27.4 Å². The molecule has 106 valence electrons. The molecule has 3 nitrogen and oxygen atoms in total. The fourth-order valence-electron chi connectivity index (χ4n) is 1.76. The first kappa shape index (κ1) is 15.3. The van der Waals surface area contributed by atoms with E-state index in [4.69, 9.17) is 4.74 Å². The summed E-state index contributed by atoms with van der Waals surface area (Å²) in [6.07, 6.45) is -4.53. The summed E-state index contributed by atoms with van der Waals surface area (Å²) in [5.74, 6) is -1.14. The van der Waals surface area contributed by atoms with E-state index >= 15 is 0 Å². The van der Waals surface area contributed by atoms with Crippen LogP contribution in [0.1, 0.15) is 41.3 Å². The van der Waals surface area contributed by atoms with Gasteiger partial charge in [-0.3, -0.25) is 0 Å². The highest BCUT2D eigenvalue weighted by Crippen LogP contribution is 2.38. The standard InChI is InChI=1S/C13H15F3O3/c1-7(2)8-6-11(18-3)9(12(17)19-4)5-10(8)13(14,15)16/h5-7H,1-4H3. The Kier molecular flexibility index (Phi) is 4.44. The molecule has 0 N–H and O–H groups in total. The van der Waals surface area contributed by atoms with Crippen molar-refractivity contribution in [3.8, 4) is 5.75 Å². The molecule has 0 bridgehead atoms. The molecule has 0 saturated heterocycles. The minimum atomic E-state index is -4.53. The predicted molar refractivity (Wildman–Crippen MR) is 63.4 cm³/mol. The summed E-state index contributed by atoms with van der Waals surface area (Å²) in [6, 6.07) is 2.01. The van der Waals surface area contributed by atoms with Crippen LogP contribution in [0.3, 0.4) is 0 Å². The van der Waals surface area contributed by atoms with Gasteiger partial charge in [0, 0.05) is 0 Å². The average molecular weight is 276 g/mol. The number of methoxy groups -OCH3 is 2. The number of rotatable bonds is 3. The van der Waals surface area contributed by atoms with E-state index in [9.17, 15) is 18.0 Å². The molecule has 0 atom stereocenters. The zero-order valence-corrected chi connectivity index (χ0v) is 11.1. The third-order valence-corrected chi connectivity index (χ3v) is 2.70. The lowest BCUT2D eigenvalue weighted by Crippen LogP contribution is -2.14. The summed E-state index contributed by atoms with van der Waals surface area (Å²) in [6.45, 7) is 3.28. The molecule has 1 aromatic carbocycles. The fourth-order valence-corrected chi connectivity index (χ4v) is 1.76. The van der Waals surface area contributed by atoms with Gasteiger partial charge >= 0.3 is 12.1 Å². The number of halogens is 3. The molecule has 0 heterocycles. The number of hydrogen-bond donors (Lipinski definition) is 0. The lowest BCUT2D eigenvalue weighted by molar-refractivity contribution is -0.138. The highest BCUT2D eigenvalue weighted by molar-refractivity contribution is 5.93. The van der Waals surface area contributed by atoms with Crippen molar-refractivity contribution in [3.63, 3.8) is 0 Å². The maximum atomic E-state index is 13.0. The monoisotopic (exact) mass is 276 g/mol. The molecule has 0 aromatic heterocycles. The van der Waals surface area contributed by atoms with Crippen molar-refractivity contribution in [1.82, 2.24) is 0 Å². The van der Waals surface area contributed by atoms with E-state index in [1.807, 2.05) is 0 Å². The summed E-state index contributed by atoms with van der Waals surface area (Å²) < 4.78 is 48.4. The molecule has 0 fully saturated rings. The molecular weight excluding hydrogens is 261 g/mol. The Morgan fingerprint density at radius 1 is 1.21 bits per heavy atom. The summed E-state index contributed by atoms with van der Waals surface area (Å²) in [4.78, 5) is 11.5. The summed E-state index contributed by atoms with van der Waals surface area (Å²) in [5.41, 5.74) is -0.998. The van der Waals surface area contributed by atoms with Gasteiger partial charge in [0.15, 0.2) is 0 Å². The molecule has 1 rings (SSSR count). The van der Waals surface area contributed by atoms with Crippen LogP contribution < -0.4 is 4.74 Å². The maximum absolute atomic E-state index is 13.0. The maximum Gasteiger partial charge on any atom is 0.416 e. The zero-order chi connectivity index (χ0) is 14.8. The quantitative estimate of drug-likeness (QED) is 0.791. The number of benzene rings is 1. The SMILES string of the molecule is COC(=O)c1cc(C(F)(F)F)c(C(C)C)cc1OC. The Labute approximate surface area is 109 Å². The van der Waals surface area contributed by atoms with E-state index in [0.717, 1.165) is 13.2 Å². The number of hydrogen-bond acceptors (Lipinski definition) is 3. The molecule has 0 amide bonds. The summed E-state index contributed by atoms with van der Waals surface area (Å²) >= 11 is 0. The lowest BCUT2D eigenvalue weighted by atomic mass is 9.94. The number of carbonyl (C=O) groups excluding carboxylic acids is 1. The molecule has 0 unspecified atom stereocenters. The smallest absolute Gasteiger partial charge is 0.416 e. The summed E-state index contributed by atoms with van der Waals surface area (Å²) in [7, 11) is 2.39. The molecule has 0 aliphatic heterocycles. The van der Waals surface area contributed by atoms with E-state index in [1.165, 1.54) is 13.2 Å². The average Bonchev–Trinajstić information content (AvgIpc) is 2.34.